The van der Waals surface area contributed by atoms with Gasteiger partial charge in [-0.2, -0.15) is 0 Å². The Labute approximate surface area is 144 Å². The van der Waals surface area contributed by atoms with E-state index in [9.17, 15) is 28.8 Å². The molecule has 0 aromatic heterocycles. The predicted molar refractivity (Wildman–Crippen MR) is 77.0 cm³/mol. The summed E-state index contributed by atoms with van der Waals surface area (Å²) in [6, 6.07) is 0. The molecule has 0 aliphatic rings. The minimum Gasteiger partial charge on any atom is -0.334 e. The van der Waals surface area contributed by atoms with Gasteiger partial charge in [-0.1, -0.05) is 0 Å². The molecule has 0 aliphatic heterocycles. The molecule has 0 rings (SSSR count). The topological polar surface area (TPSA) is 102 Å². The first kappa shape index (κ1) is 28.4. The number of Topliss-reactive ketones (excluding diaryl/α,β-unsaturated/α-hetero) is 6. The monoisotopic (exact) mass is 400 g/mol. The molecule has 0 spiro atoms. The van der Waals surface area contributed by atoms with E-state index in [-0.39, 0.29) is 54.2 Å². The molecule has 0 atom stereocenters. The second kappa shape index (κ2) is 17.3. The van der Waals surface area contributed by atoms with Crippen LogP contribution in [-0.4, -0.2) is 34.7 Å². The van der Waals surface area contributed by atoms with Crippen molar-refractivity contribution >= 4 is 34.7 Å². The molecule has 0 radical (unpaired) electrons. The average Bonchev–Trinajstić information content (AvgIpc) is 2.10. The van der Waals surface area contributed by atoms with Crippen LogP contribution in [0.4, 0.5) is 0 Å². The van der Waals surface area contributed by atoms with Gasteiger partial charge in [0.1, 0.15) is 0 Å². The molecule has 0 amide bonds. The summed E-state index contributed by atoms with van der Waals surface area (Å²) in [4.78, 5) is 59.9. The maximum absolute atomic E-state index is 9.98. The number of ketones is 6. The Morgan fingerprint density at radius 1 is 0.409 bits per heavy atom. The molecule has 6 nitrogen and oxygen atoms in total. The van der Waals surface area contributed by atoms with Crippen molar-refractivity contribution in [1.29, 1.82) is 0 Å². The molecule has 7 heteroatoms. The molecule has 0 fully saturated rings. The Morgan fingerprint density at radius 3 is 0.500 bits per heavy atom. The van der Waals surface area contributed by atoms with Crippen LogP contribution in [0.25, 0.3) is 0 Å². The Bertz CT molecular complexity index is 314. The molecule has 0 N–H and O–H groups in total. The van der Waals surface area contributed by atoms with Crippen molar-refractivity contribution in [3.05, 3.63) is 19.3 Å². The van der Waals surface area contributed by atoms with Gasteiger partial charge in [0.2, 0.25) is 0 Å². The maximum Gasteiger partial charge on any atom is 3.00 e. The summed E-state index contributed by atoms with van der Waals surface area (Å²) in [5.41, 5.74) is 0. The van der Waals surface area contributed by atoms with Crippen LogP contribution in [0.2, 0.25) is 0 Å². The van der Waals surface area contributed by atoms with E-state index in [1.165, 1.54) is 41.5 Å². The van der Waals surface area contributed by atoms with Gasteiger partial charge in [0.15, 0.2) is 0 Å². The van der Waals surface area contributed by atoms with E-state index in [1.807, 2.05) is 0 Å². The van der Waals surface area contributed by atoms with Crippen molar-refractivity contribution in [3.63, 3.8) is 0 Å². The molecular weight excluding hydrogens is 379 g/mol. The van der Waals surface area contributed by atoms with Crippen LogP contribution < -0.4 is 0 Å². The van der Waals surface area contributed by atoms with Crippen molar-refractivity contribution in [2.24, 2.45) is 0 Å². The smallest absolute Gasteiger partial charge is 0.334 e. The van der Waals surface area contributed by atoms with Gasteiger partial charge in [0, 0.05) is 34.7 Å². The van der Waals surface area contributed by atoms with Gasteiger partial charge in [-0.25, -0.2) is 0 Å². The summed E-state index contributed by atoms with van der Waals surface area (Å²) in [5, 5.41) is 0. The molecule has 0 unspecified atom stereocenters. The van der Waals surface area contributed by atoms with Gasteiger partial charge in [-0.05, 0) is 41.5 Å². The van der Waals surface area contributed by atoms with Crippen LogP contribution in [0.1, 0.15) is 41.5 Å². The molecule has 22 heavy (non-hydrogen) atoms. The van der Waals surface area contributed by atoms with Gasteiger partial charge >= 0.3 is 19.5 Å². The minimum atomic E-state index is -0.187. The fourth-order valence-corrected chi connectivity index (χ4v) is 0.859. The van der Waals surface area contributed by atoms with Crippen LogP contribution in [0, 0.1) is 19.3 Å². The Balaban J connectivity index is -0.000000108. The second-order valence-electron chi connectivity index (χ2n) is 4.10. The zero-order chi connectivity index (χ0) is 17.6. The number of carbonyl (C=O) groups excluding carboxylic acids is 6. The number of carbonyl (C=O) groups is 6. The fourth-order valence-electron chi connectivity index (χ4n) is 0.859. The Hall–Kier alpha value is -1.75. The molecule has 126 valence electrons. The van der Waals surface area contributed by atoms with Crippen molar-refractivity contribution < 1.29 is 48.2 Å². The van der Waals surface area contributed by atoms with Gasteiger partial charge in [0.25, 0.3) is 0 Å². The zero-order valence-corrected chi connectivity index (χ0v) is 15.2. The molecule has 0 saturated carbocycles. The Kier molecular flexibility index (Phi) is 22.4. The average molecular weight is 400 g/mol. The van der Waals surface area contributed by atoms with Crippen molar-refractivity contribution in [2.75, 3.05) is 0 Å². The molecule has 0 aromatic carbocycles. The van der Waals surface area contributed by atoms with Crippen LogP contribution >= 0.6 is 0 Å². The largest absolute Gasteiger partial charge is 3.00 e. The minimum absolute atomic E-state index is 0. The third kappa shape index (κ3) is 51.7. The summed E-state index contributed by atoms with van der Waals surface area (Å²) < 4.78 is 0. The first-order valence-electron chi connectivity index (χ1n) is 5.96. The van der Waals surface area contributed by atoms with E-state index >= 15 is 0 Å². The number of rotatable bonds is 6. The van der Waals surface area contributed by atoms with Crippen LogP contribution in [0.3, 0.4) is 0 Å². The molecular formula is C15H21O6Rh. The standard InChI is InChI=1S/3C5H7O2.Rh/c3*1-4(6)3-5(2)7;/h3*3H,1-2H3;/q3*-1;+3. The SMILES string of the molecule is CC(=O)[CH-]C(C)=O.CC(=O)[CH-]C(C)=O.CC(=O)[CH-]C(C)=O.[Rh+3]. The normalized spacial score (nSPS) is 7.36. The molecule has 0 bridgehead atoms. The van der Waals surface area contributed by atoms with Gasteiger partial charge in [-0.15, -0.1) is 0 Å². The van der Waals surface area contributed by atoms with E-state index in [4.69, 9.17) is 0 Å². The van der Waals surface area contributed by atoms with Crippen molar-refractivity contribution in [3.8, 4) is 0 Å². The van der Waals surface area contributed by atoms with Gasteiger partial charge < -0.3 is 28.8 Å². The summed E-state index contributed by atoms with van der Waals surface area (Å²) in [7, 11) is 0. The van der Waals surface area contributed by atoms with Gasteiger partial charge in [0.05, 0.1) is 0 Å². The molecule has 0 aliphatic carbocycles. The summed E-state index contributed by atoms with van der Waals surface area (Å²) in [5.74, 6) is -1.12. The van der Waals surface area contributed by atoms with E-state index in [0.717, 1.165) is 19.3 Å². The molecule has 0 heterocycles. The van der Waals surface area contributed by atoms with Crippen molar-refractivity contribution in [2.45, 2.75) is 41.5 Å². The third-order valence-electron chi connectivity index (χ3n) is 1.22. The van der Waals surface area contributed by atoms with E-state index in [2.05, 4.69) is 0 Å². The van der Waals surface area contributed by atoms with Crippen LogP contribution in [0.5, 0.6) is 0 Å². The predicted octanol–water partition coefficient (Wildman–Crippen LogP) is 1.10. The van der Waals surface area contributed by atoms with E-state index in [1.54, 1.807) is 0 Å². The van der Waals surface area contributed by atoms with E-state index in [0.29, 0.717) is 0 Å². The summed E-state index contributed by atoms with van der Waals surface area (Å²) >= 11 is 0. The maximum atomic E-state index is 9.98. The zero-order valence-electron chi connectivity index (χ0n) is 13.5. The van der Waals surface area contributed by atoms with Crippen LogP contribution in [-0.2, 0) is 48.2 Å². The fraction of sp³-hybridized carbons (Fsp3) is 0.400. The molecule has 0 saturated heterocycles. The molecule has 0 aromatic rings. The van der Waals surface area contributed by atoms with E-state index < -0.39 is 0 Å². The van der Waals surface area contributed by atoms with Crippen LogP contribution in [0.15, 0.2) is 0 Å². The Morgan fingerprint density at radius 2 is 0.500 bits per heavy atom. The summed E-state index contributed by atoms with van der Waals surface area (Å²) in [6.07, 6.45) is 3.17. The van der Waals surface area contributed by atoms with Crippen molar-refractivity contribution in [1.82, 2.24) is 0 Å². The number of hydrogen-bond donors (Lipinski definition) is 0. The second-order valence-corrected chi connectivity index (χ2v) is 4.10. The summed E-state index contributed by atoms with van der Waals surface area (Å²) in [6.45, 7) is 8.09. The quantitative estimate of drug-likeness (QED) is 0.376. The third-order valence-corrected chi connectivity index (χ3v) is 1.22. The first-order chi connectivity index (χ1) is 9.38. The first-order valence-corrected chi connectivity index (χ1v) is 5.96. The number of hydrogen-bond acceptors (Lipinski definition) is 6. The van der Waals surface area contributed by atoms with Gasteiger partial charge in [-0.3, -0.25) is 19.3 Å².